The topological polar surface area (TPSA) is 3.24 Å². The highest BCUT2D eigenvalue weighted by Gasteiger charge is 1.99. The molecule has 0 aromatic rings. The summed E-state index contributed by atoms with van der Waals surface area (Å²) in [4.78, 5) is 2.38. The Morgan fingerprint density at radius 3 is 1.89 bits per heavy atom. The van der Waals surface area contributed by atoms with E-state index in [9.17, 15) is 0 Å². The second-order valence-electron chi connectivity index (χ2n) is 1.82. The summed E-state index contributed by atoms with van der Waals surface area (Å²) in [5, 5.41) is 0. The van der Waals surface area contributed by atoms with E-state index < -0.39 is 0 Å². The van der Waals surface area contributed by atoms with Crippen LogP contribution >= 0.6 is 0 Å². The van der Waals surface area contributed by atoms with Crippen molar-refractivity contribution in [2.45, 2.75) is 20.8 Å². The van der Waals surface area contributed by atoms with E-state index in [1.807, 2.05) is 13.8 Å². The van der Waals surface area contributed by atoms with E-state index in [4.69, 9.17) is 0 Å². The van der Waals surface area contributed by atoms with Crippen LogP contribution in [0.5, 0.6) is 0 Å². The molecule has 1 nitrogen and oxygen atoms in total. The molecular weight excluding hydrogens is 110 g/mol. The Balaban J connectivity index is 0.000000291. The van der Waals surface area contributed by atoms with Gasteiger partial charge in [0.15, 0.2) is 0 Å². The van der Waals surface area contributed by atoms with Crippen molar-refractivity contribution < 1.29 is 0 Å². The summed E-state index contributed by atoms with van der Waals surface area (Å²) < 4.78 is 0. The highest BCUT2D eigenvalue weighted by atomic mass is 15.1. The number of hydrogen-bond acceptors (Lipinski definition) is 1. The standard InChI is InChI=1S/C6H11N.C2H6/c1-2-7-5-3-4-6-7;1-2/h3-4H,2,5-6H2,1H3;1-2H3. The van der Waals surface area contributed by atoms with Gasteiger partial charge in [-0.15, -0.1) is 0 Å². The average molecular weight is 127 g/mol. The predicted octanol–water partition coefficient (Wildman–Crippen LogP) is 1.90. The molecule has 0 bridgehead atoms. The van der Waals surface area contributed by atoms with Crippen LogP contribution < -0.4 is 0 Å². The van der Waals surface area contributed by atoms with Gasteiger partial charge in [-0.2, -0.15) is 0 Å². The Morgan fingerprint density at radius 1 is 1.22 bits per heavy atom. The van der Waals surface area contributed by atoms with Gasteiger partial charge in [0.1, 0.15) is 0 Å². The first-order valence-electron chi connectivity index (χ1n) is 3.81. The molecule has 0 amide bonds. The maximum atomic E-state index is 2.38. The minimum atomic E-state index is 1.16. The molecule has 0 N–H and O–H groups in total. The summed E-state index contributed by atoms with van der Waals surface area (Å²) in [5.74, 6) is 0. The van der Waals surface area contributed by atoms with Crippen LogP contribution in [0.15, 0.2) is 12.2 Å². The fourth-order valence-corrected chi connectivity index (χ4v) is 0.780. The summed E-state index contributed by atoms with van der Waals surface area (Å²) in [6, 6.07) is 0. The van der Waals surface area contributed by atoms with Crippen LogP contribution in [0.1, 0.15) is 20.8 Å². The number of rotatable bonds is 1. The monoisotopic (exact) mass is 127 g/mol. The van der Waals surface area contributed by atoms with Crippen LogP contribution in [0.3, 0.4) is 0 Å². The van der Waals surface area contributed by atoms with E-state index in [2.05, 4.69) is 24.0 Å². The summed E-state index contributed by atoms with van der Waals surface area (Å²) in [6.07, 6.45) is 4.42. The zero-order chi connectivity index (χ0) is 7.11. The van der Waals surface area contributed by atoms with Crippen molar-refractivity contribution in [3.8, 4) is 0 Å². The first-order valence-corrected chi connectivity index (χ1v) is 3.81. The molecule has 1 rings (SSSR count). The molecule has 1 aliphatic rings. The van der Waals surface area contributed by atoms with Crippen LogP contribution in [-0.2, 0) is 0 Å². The van der Waals surface area contributed by atoms with E-state index in [-0.39, 0.29) is 0 Å². The molecule has 54 valence electrons. The molecule has 0 radical (unpaired) electrons. The zero-order valence-corrected chi connectivity index (χ0v) is 6.72. The Kier molecular flexibility index (Phi) is 5.64. The molecule has 0 spiro atoms. The van der Waals surface area contributed by atoms with Crippen LogP contribution in [0.2, 0.25) is 0 Å². The molecule has 1 aliphatic heterocycles. The molecule has 0 saturated carbocycles. The van der Waals surface area contributed by atoms with Crippen molar-refractivity contribution in [1.82, 2.24) is 4.90 Å². The second kappa shape index (κ2) is 5.83. The van der Waals surface area contributed by atoms with Gasteiger partial charge in [-0.1, -0.05) is 32.9 Å². The van der Waals surface area contributed by atoms with E-state index in [0.29, 0.717) is 0 Å². The lowest BCUT2D eigenvalue weighted by atomic mass is 10.6. The highest BCUT2D eigenvalue weighted by molar-refractivity contribution is 4.94. The second-order valence-corrected chi connectivity index (χ2v) is 1.82. The van der Waals surface area contributed by atoms with E-state index >= 15 is 0 Å². The molecular formula is C8H17N. The van der Waals surface area contributed by atoms with Gasteiger partial charge in [-0.05, 0) is 6.54 Å². The quantitative estimate of drug-likeness (QED) is 0.486. The lowest BCUT2D eigenvalue weighted by molar-refractivity contribution is 0.373. The molecule has 0 unspecified atom stereocenters. The molecule has 1 heterocycles. The van der Waals surface area contributed by atoms with Gasteiger partial charge in [0.2, 0.25) is 0 Å². The summed E-state index contributed by atoms with van der Waals surface area (Å²) in [5.41, 5.74) is 0. The molecule has 0 fully saturated rings. The van der Waals surface area contributed by atoms with Crippen LogP contribution in [0.25, 0.3) is 0 Å². The van der Waals surface area contributed by atoms with Crippen molar-refractivity contribution in [1.29, 1.82) is 0 Å². The van der Waals surface area contributed by atoms with Gasteiger partial charge in [-0.25, -0.2) is 0 Å². The summed E-state index contributed by atoms with van der Waals surface area (Å²) >= 11 is 0. The Bertz CT molecular complexity index is 68.6. The molecule has 0 atom stereocenters. The van der Waals surface area contributed by atoms with E-state index in [1.54, 1.807) is 0 Å². The number of likely N-dealkylation sites (N-methyl/N-ethyl adjacent to an activating group) is 1. The predicted molar refractivity (Wildman–Crippen MR) is 42.6 cm³/mol. The SMILES string of the molecule is CC.CCN1CC=CC1. The first kappa shape index (κ1) is 8.70. The third-order valence-corrected chi connectivity index (χ3v) is 1.34. The summed E-state index contributed by atoms with van der Waals surface area (Å²) in [7, 11) is 0. The minimum absolute atomic E-state index is 1.16. The van der Waals surface area contributed by atoms with E-state index in [1.165, 1.54) is 6.54 Å². The van der Waals surface area contributed by atoms with Gasteiger partial charge in [0.25, 0.3) is 0 Å². The van der Waals surface area contributed by atoms with Gasteiger partial charge in [0.05, 0.1) is 0 Å². The van der Waals surface area contributed by atoms with Crippen molar-refractivity contribution in [3.63, 3.8) is 0 Å². The third-order valence-electron chi connectivity index (χ3n) is 1.34. The van der Waals surface area contributed by atoms with Gasteiger partial charge < -0.3 is 0 Å². The van der Waals surface area contributed by atoms with Crippen LogP contribution in [0, 0.1) is 0 Å². The van der Waals surface area contributed by atoms with E-state index in [0.717, 1.165) is 13.1 Å². The first-order chi connectivity index (χ1) is 4.43. The lowest BCUT2D eigenvalue weighted by Gasteiger charge is -2.08. The van der Waals surface area contributed by atoms with Crippen molar-refractivity contribution in [3.05, 3.63) is 12.2 Å². The van der Waals surface area contributed by atoms with Crippen LogP contribution in [0.4, 0.5) is 0 Å². The molecule has 0 aliphatic carbocycles. The zero-order valence-electron chi connectivity index (χ0n) is 6.72. The molecule has 0 aromatic carbocycles. The Hall–Kier alpha value is -0.300. The molecule has 1 heteroatoms. The summed E-state index contributed by atoms with van der Waals surface area (Å²) in [6.45, 7) is 9.70. The average Bonchev–Trinajstić information content (AvgIpc) is 2.43. The maximum absolute atomic E-state index is 2.38. The smallest absolute Gasteiger partial charge is 0.0166 e. The maximum Gasteiger partial charge on any atom is 0.0166 e. The fraction of sp³-hybridized carbons (Fsp3) is 0.750. The Labute approximate surface area is 58.4 Å². The third kappa shape index (κ3) is 3.31. The highest BCUT2D eigenvalue weighted by Crippen LogP contribution is 1.95. The minimum Gasteiger partial charge on any atom is -0.296 e. The largest absolute Gasteiger partial charge is 0.296 e. The lowest BCUT2D eigenvalue weighted by Crippen LogP contribution is -2.18. The molecule has 0 saturated heterocycles. The van der Waals surface area contributed by atoms with Gasteiger partial charge >= 0.3 is 0 Å². The van der Waals surface area contributed by atoms with Crippen molar-refractivity contribution in [2.75, 3.05) is 19.6 Å². The van der Waals surface area contributed by atoms with Gasteiger partial charge in [0, 0.05) is 13.1 Å². The Morgan fingerprint density at radius 2 is 1.67 bits per heavy atom. The fourth-order valence-electron chi connectivity index (χ4n) is 0.780. The van der Waals surface area contributed by atoms with Crippen molar-refractivity contribution in [2.24, 2.45) is 0 Å². The number of hydrogen-bond donors (Lipinski definition) is 0. The van der Waals surface area contributed by atoms with Crippen molar-refractivity contribution >= 4 is 0 Å². The van der Waals surface area contributed by atoms with Gasteiger partial charge in [-0.3, -0.25) is 4.90 Å². The number of nitrogens with zero attached hydrogens (tertiary/aromatic N) is 1. The molecule has 9 heavy (non-hydrogen) atoms. The van der Waals surface area contributed by atoms with Crippen LogP contribution in [-0.4, -0.2) is 24.5 Å². The normalized spacial score (nSPS) is 17.2. The molecule has 0 aromatic heterocycles.